The second-order valence-electron chi connectivity index (χ2n) is 9.89. The fraction of sp³-hybridized carbons (Fsp3) is 0.520. The quantitative estimate of drug-likeness (QED) is 0.648. The highest BCUT2D eigenvalue weighted by atomic mass is 16.3. The van der Waals surface area contributed by atoms with E-state index in [2.05, 4.69) is 10.3 Å². The molecule has 4 atom stereocenters. The lowest BCUT2D eigenvalue weighted by Gasteiger charge is -2.39. The van der Waals surface area contributed by atoms with Crippen molar-refractivity contribution in [2.45, 2.75) is 43.9 Å². The number of amides is 2. The molecule has 5 rings (SSSR count). The summed E-state index contributed by atoms with van der Waals surface area (Å²) in [6.07, 6.45) is 6.30. The van der Waals surface area contributed by atoms with Gasteiger partial charge in [-0.3, -0.25) is 19.4 Å². The molecule has 3 aliphatic rings. The zero-order valence-electron chi connectivity index (χ0n) is 19.6. The summed E-state index contributed by atoms with van der Waals surface area (Å²) >= 11 is 0. The SMILES string of the molecule is CN(C)CC(=O)N1[C@@H]2c3ccc(-c4cccnc4)c(=O)n3C[C@H]1[C@H](CO)[C@H]2C(=O)NC1CCC1. The van der Waals surface area contributed by atoms with Crippen LogP contribution in [0, 0.1) is 11.8 Å². The van der Waals surface area contributed by atoms with Crippen molar-refractivity contribution in [2.75, 3.05) is 27.2 Å². The van der Waals surface area contributed by atoms with Crippen LogP contribution in [0.2, 0.25) is 0 Å². The first-order chi connectivity index (χ1) is 16.4. The van der Waals surface area contributed by atoms with E-state index in [9.17, 15) is 19.5 Å². The minimum Gasteiger partial charge on any atom is -0.396 e. The van der Waals surface area contributed by atoms with E-state index < -0.39 is 23.9 Å². The van der Waals surface area contributed by atoms with Crippen LogP contribution in [-0.4, -0.2) is 75.6 Å². The fourth-order valence-electron chi connectivity index (χ4n) is 5.69. The van der Waals surface area contributed by atoms with Crippen LogP contribution in [0.3, 0.4) is 0 Å². The number of hydrogen-bond donors (Lipinski definition) is 2. The fourth-order valence-corrected chi connectivity index (χ4v) is 5.69. The van der Waals surface area contributed by atoms with Gasteiger partial charge in [-0.1, -0.05) is 6.07 Å². The van der Waals surface area contributed by atoms with Crippen LogP contribution >= 0.6 is 0 Å². The van der Waals surface area contributed by atoms with Crippen LogP contribution in [0.4, 0.5) is 0 Å². The van der Waals surface area contributed by atoms with E-state index >= 15 is 0 Å². The molecule has 1 aliphatic carbocycles. The van der Waals surface area contributed by atoms with E-state index in [1.54, 1.807) is 38.9 Å². The number of rotatable bonds is 6. The Morgan fingerprint density at radius 1 is 1.24 bits per heavy atom. The molecule has 2 aromatic heterocycles. The van der Waals surface area contributed by atoms with Gasteiger partial charge in [0.15, 0.2) is 0 Å². The lowest BCUT2D eigenvalue weighted by Crippen LogP contribution is -2.51. The normalized spacial score (nSPS) is 25.7. The van der Waals surface area contributed by atoms with Gasteiger partial charge >= 0.3 is 0 Å². The molecular weight excluding hydrogens is 434 g/mol. The molecule has 2 bridgehead atoms. The Kier molecular flexibility index (Phi) is 5.99. The van der Waals surface area contributed by atoms with Gasteiger partial charge in [0, 0.05) is 54.3 Å². The number of carbonyl (C=O) groups excluding carboxylic acids is 2. The second-order valence-corrected chi connectivity index (χ2v) is 9.89. The Hall–Kier alpha value is -3.04. The number of carbonyl (C=O) groups is 2. The number of fused-ring (bicyclic) bond motifs is 4. The number of aliphatic hydroxyl groups is 1. The third kappa shape index (κ3) is 3.73. The number of hydrogen-bond acceptors (Lipinski definition) is 6. The zero-order chi connectivity index (χ0) is 24.0. The van der Waals surface area contributed by atoms with Gasteiger partial charge in [-0.05, 0) is 51.6 Å². The average Bonchev–Trinajstić information content (AvgIpc) is 3.04. The molecule has 1 saturated carbocycles. The number of likely N-dealkylation sites (N-methyl/N-ethyl adjacent to an activating group) is 1. The van der Waals surface area contributed by atoms with Crippen molar-refractivity contribution in [3.8, 4) is 11.1 Å². The Bertz CT molecular complexity index is 1140. The van der Waals surface area contributed by atoms with Crippen molar-refractivity contribution >= 4 is 11.8 Å². The number of nitrogens with zero attached hydrogens (tertiary/aromatic N) is 4. The minimum atomic E-state index is -0.612. The summed E-state index contributed by atoms with van der Waals surface area (Å²) in [5.74, 6) is -1.31. The van der Waals surface area contributed by atoms with Gasteiger partial charge in [0.05, 0.1) is 24.5 Å². The number of pyridine rings is 2. The van der Waals surface area contributed by atoms with Crippen molar-refractivity contribution < 1.29 is 14.7 Å². The molecule has 2 amide bonds. The summed E-state index contributed by atoms with van der Waals surface area (Å²) in [7, 11) is 3.65. The highest BCUT2D eigenvalue weighted by Gasteiger charge is 2.57. The van der Waals surface area contributed by atoms with Crippen molar-refractivity contribution in [3.63, 3.8) is 0 Å². The molecule has 180 valence electrons. The van der Waals surface area contributed by atoms with Gasteiger partial charge in [0.1, 0.15) is 0 Å². The standard InChI is InChI=1S/C25H31N5O4/c1-28(2)13-21(32)30-20-12-29-19(9-8-17(25(29)34)15-5-4-10-26-11-15)23(30)22(18(20)14-31)24(33)27-16-6-3-7-16/h4-5,8-11,16,18,20,22-23,31H,3,6-7,12-14H2,1-2H3,(H,27,33)/t18-,20-,22+,23+/m0/s1. The van der Waals surface area contributed by atoms with Crippen LogP contribution in [0.15, 0.2) is 41.5 Å². The van der Waals surface area contributed by atoms with Crippen LogP contribution in [-0.2, 0) is 16.1 Å². The molecule has 1 saturated heterocycles. The van der Waals surface area contributed by atoms with Crippen molar-refractivity contribution in [2.24, 2.45) is 11.8 Å². The maximum absolute atomic E-state index is 13.6. The largest absolute Gasteiger partial charge is 0.396 e. The number of aromatic nitrogens is 2. The predicted octanol–water partition coefficient (Wildman–Crippen LogP) is 0.631. The number of nitrogens with one attached hydrogen (secondary N) is 1. The van der Waals surface area contributed by atoms with Crippen LogP contribution in [0.5, 0.6) is 0 Å². The third-order valence-electron chi connectivity index (χ3n) is 7.51. The van der Waals surface area contributed by atoms with E-state index in [1.807, 2.05) is 26.2 Å². The van der Waals surface area contributed by atoms with E-state index in [0.717, 1.165) is 24.8 Å². The first-order valence-corrected chi connectivity index (χ1v) is 11.9. The first-order valence-electron chi connectivity index (χ1n) is 11.9. The third-order valence-corrected chi connectivity index (χ3v) is 7.51. The highest BCUT2D eigenvalue weighted by Crippen LogP contribution is 2.48. The second kappa shape index (κ2) is 8.96. The molecule has 0 radical (unpaired) electrons. The molecule has 34 heavy (non-hydrogen) atoms. The highest BCUT2D eigenvalue weighted by molar-refractivity contribution is 5.85. The summed E-state index contributed by atoms with van der Waals surface area (Å²) in [5.41, 5.74) is 1.72. The molecule has 0 unspecified atom stereocenters. The van der Waals surface area contributed by atoms with Crippen LogP contribution in [0.25, 0.3) is 11.1 Å². The Morgan fingerprint density at radius 2 is 2.03 bits per heavy atom. The lowest BCUT2D eigenvalue weighted by atomic mass is 9.85. The summed E-state index contributed by atoms with van der Waals surface area (Å²) < 4.78 is 1.69. The van der Waals surface area contributed by atoms with E-state index in [1.165, 1.54) is 0 Å². The van der Waals surface area contributed by atoms with Crippen LogP contribution < -0.4 is 10.9 Å². The smallest absolute Gasteiger partial charge is 0.258 e. The molecule has 2 aliphatic heterocycles. The summed E-state index contributed by atoms with van der Waals surface area (Å²) in [6, 6.07) is 6.35. The monoisotopic (exact) mass is 465 g/mol. The van der Waals surface area contributed by atoms with Gasteiger partial charge in [0.2, 0.25) is 11.8 Å². The summed E-state index contributed by atoms with van der Waals surface area (Å²) in [5, 5.41) is 13.5. The van der Waals surface area contributed by atoms with Gasteiger partial charge < -0.3 is 24.8 Å². The minimum absolute atomic E-state index is 0.104. The molecule has 0 spiro atoms. The van der Waals surface area contributed by atoms with Crippen molar-refractivity contribution in [1.29, 1.82) is 0 Å². The average molecular weight is 466 g/mol. The lowest BCUT2D eigenvalue weighted by molar-refractivity contribution is -0.137. The van der Waals surface area contributed by atoms with Gasteiger partial charge in [0.25, 0.3) is 5.56 Å². The molecule has 4 heterocycles. The van der Waals surface area contributed by atoms with Crippen molar-refractivity contribution in [3.05, 3.63) is 52.7 Å². The number of aliphatic hydroxyl groups excluding tert-OH is 1. The first kappa shape index (κ1) is 22.7. The Balaban J connectivity index is 1.60. The van der Waals surface area contributed by atoms with Crippen LogP contribution in [0.1, 0.15) is 31.0 Å². The molecule has 2 fully saturated rings. The van der Waals surface area contributed by atoms with Gasteiger partial charge in [-0.2, -0.15) is 0 Å². The molecule has 9 nitrogen and oxygen atoms in total. The summed E-state index contributed by atoms with van der Waals surface area (Å²) in [6.45, 7) is 0.213. The topological polar surface area (TPSA) is 108 Å². The molecule has 2 aromatic rings. The molecule has 2 N–H and O–H groups in total. The van der Waals surface area contributed by atoms with Gasteiger partial charge in [-0.15, -0.1) is 0 Å². The van der Waals surface area contributed by atoms with Gasteiger partial charge in [-0.25, -0.2) is 0 Å². The predicted molar refractivity (Wildman–Crippen MR) is 126 cm³/mol. The maximum atomic E-state index is 13.6. The summed E-state index contributed by atoms with van der Waals surface area (Å²) in [4.78, 5) is 48.0. The van der Waals surface area contributed by atoms with E-state index in [-0.39, 0.29) is 43.1 Å². The maximum Gasteiger partial charge on any atom is 0.258 e. The Labute approximate surface area is 198 Å². The van der Waals surface area contributed by atoms with E-state index in [4.69, 9.17) is 0 Å². The van der Waals surface area contributed by atoms with Crippen molar-refractivity contribution in [1.82, 2.24) is 24.7 Å². The molecule has 9 heteroatoms. The molecular formula is C25H31N5O4. The Morgan fingerprint density at radius 3 is 2.65 bits per heavy atom. The molecule has 0 aromatic carbocycles. The zero-order valence-corrected chi connectivity index (χ0v) is 19.6. The van der Waals surface area contributed by atoms with E-state index in [0.29, 0.717) is 11.3 Å².